The maximum atomic E-state index is 12.9. The number of nitrogens with zero attached hydrogens (tertiary/aromatic N) is 5. The Morgan fingerprint density at radius 2 is 2.16 bits per heavy atom. The fourth-order valence-electron chi connectivity index (χ4n) is 3.62. The normalized spacial score (nSPS) is 17.8. The second-order valence-corrected chi connectivity index (χ2v) is 6.55. The van der Waals surface area contributed by atoms with Crippen LogP contribution in [-0.2, 0) is 11.3 Å². The highest BCUT2D eigenvalue weighted by Crippen LogP contribution is 2.25. The van der Waals surface area contributed by atoms with Crippen LogP contribution in [0.25, 0.3) is 11.0 Å². The summed E-state index contributed by atoms with van der Waals surface area (Å²) in [5.41, 5.74) is 2.97. The van der Waals surface area contributed by atoms with Crippen LogP contribution < -0.4 is 0 Å². The third-order valence-corrected chi connectivity index (χ3v) is 4.94. The summed E-state index contributed by atoms with van der Waals surface area (Å²) in [7, 11) is 0. The lowest BCUT2D eigenvalue weighted by atomic mass is 9.94. The molecule has 4 rings (SSSR count). The number of imidazole rings is 1. The van der Waals surface area contributed by atoms with Gasteiger partial charge in [-0.05, 0) is 38.0 Å². The summed E-state index contributed by atoms with van der Waals surface area (Å²) in [4.78, 5) is 27.7. The van der Waals surface area contributed by atoms with Gasteiger partial charge in [-0.1, -0.05) is 12.1 Å². The van der Waals surface area contributed by atoms with Crippen LogP contribution in [0.3, 0.4) is 0 Å². The van der Waals surface area contributed by atoms with Crippen molar-refractivity contribution in [1.29, 1.82) is 0 Å². The Bertz CT molecular complexity index is 889. The lowest BCUT2D eigenvalue weighted by Crippen LogP contribution is -2.41. The molecule has 1 saturated heterocycles. The van der Waals surface area contributed by atoms with Crippen molar-refractivity contribution >= 4 is 16.9 Å². The van der Waals surface area contributed by atoms with Gasteiger partial charge in [0.1, 0.15) is 18.7 Å². The van der Waals surface area contributed by atoms with Gasteiger partial charge in [-0.25, -0.2) is 15.0 Å². The van der Waals surface area contributed by atoms with Crippen molar-refractivity contribution in [2.45, 2.75) is 32.2 Å². The van der Waals surface area contributed by atoms with Gasteiger partial charge in [0, 0.05) is 30.9 Å². The van der Waals surface area contributed by atoms with E-state index in [0.717, 1.165) is 48.5 Å². The number of hydrogen-bond donors (Lipinski definition) is 0. The van der Waals surface area contributed by atoms with E-state index in [0.29, 0.717) is 12.5 Å². The van der Waals surface area contributed by atoms with Crippen LogP contribution >= 0.6 is 0 Å². The van der Waals surface area contributed by atoms with E-state index in [1.54, 1.807) is 12.5 Å². The zero-order valence-electron chi connectivity index (χ0n) is 14.3. The van der Waals surface area contributed by atoms with Crippen molar-refractivity contribution in [3.05, 3.63) is 54.4 Å². The Balaban J connectivity index is 1.51. The van der Waals surface area contributed by atoms with Gasteiger partial charge in [-0.15, -0.1) is 0 Å². The summed E-state index contributed by atoms with van der Waals surface area (Å²) in [6.45, 7) is 3.82. The van der Waals surface area contributed by atoms with Gasteiger partial charge >= 0.3 is 0 Å². The highest BCUT2D eigenvalue weighted by Gasteiger charge is 2.26. The van der Waals surface area contributed by atoms with Crippen LogP contribution in [0, 0.1) is 6.92 Å². The Morgan fingerprint density at radius 3 is 3.00 bits per heavy atom. The molecular weight excluding hydrogens is 314 g/mol. The minimum atomic E-state index is 0.144. The summed E-state index contributed by atoms with van der Waals surface area (Å²) in [5.74, 6) is 1.31. The van der Waals surface area contributed by atoms with Crippen LogP contribution in [-0.4, -0.2) is 43.4 Å². The minimum Gasteiger partial charge on any atom is -0.340 e. The fourth-order valence-corrected chi connectivity index (χ4v) is 3.62. The highest BCUT2D eigenvalue weighted by atomic mass is 16.2. The van der Waals surface area contributed by atoms with Gasteiger partial charge < -0.3 is 9.47 Å². The maximum absolute atomic E-state index is 12.9. The Morgan fingerprint density at radius 1 is 1.28 bits per heavy atom. The molecule has 0 aliphatic carbocycles. The maximum Gasteiger partial charge on any atom is 0.242 e. The standard InChI is InChI=1S/C19H21N5O/c1-14-22-17-6-2-3-7-18(17)24(14)12-19(25)23-10-4-5-15(11-23)16-8-9-20-13-21-16/h2-3,6-9,13,15H,4-5,10-12H2,1H3/t15-/m1/s1. The number of aromatic nitrogens is 4. The zero-order chi connectivity index (χ0) is 17.2. The molecule has 1 fully saturated rings. The lowest BCUT2D eigenvalue weighted by molar-refractivity contribution is -0.133. The average molecular weight is 335 g/mol. The molecule has 0 N–H and O–H groups in total. The molecule has 0 saturated carbocycles. The lowest BCUT2D eigenvalue weighted by Gasteiger charge is -2.32. The van der Waals surface area contributed by atoms with Crippen LogP contribution in [0.15, 0.2) is 42.9 Å². The number of carbonyl (C=O) groups excluding carboxylic acids is 1. The fraction of sp³-hybridized carbons (Fsp3) is 0.368. The molecule has 0 unspecified atom stereocenters. The van der Waals surface area contributed by atoms with E-state index >= 15 is 0 Å². The number of rotatable bonds is 3. The molecule has 1 aliphatic rings. The Labute approximate surface area is 146 Å². The first-order valence-corrected chi connectivity index (χ1v) is 8.68. The second-order valence-electron chi connectivity index (χ2n) is 6.55. The number of likely N-dealkylation sites (tertiary alicyclic amines) is 1. The smallest absolute Gasteiger partial charge is 0.242 e. The number of hydrogen-bond acceptors (Lipinski definition) is 4. The highest BCUT2D eigenvalue weighted by molar-refractivity contribution is 5.81. The van der Waals surface area contributed by atoms with E-state index < -0.39 is 0 Å². The van der Waals surface area contributed by atoms with Crippen LogP contribution in [0.4, 0.5) is 0 Å². The Kier molecular flexibility index (Phi) is 4.17. The number of carbonyl (C=O) groups is 1. The summed E-state index contributed by atoms with van der Waals surface area (Å²) in [6.07, 6.45) is 5.42. The SMILES string of the molecule is Cc1nc2ccccc2n1CC(=O)N1CCC[C@@H](c2ccncn2)C1. The first-order valence-electron chi connectivity index (χ1n) is 8.68. The third kappa shape index (κ3) is 3.12. The summed E-state index contributed by atoms with van der Waals surface area (Å²) >= 11 is 0. The topological polar surface area (TPSA) is 63.9 Å². The summed E-state index contributed by atoms with van der Waals surface area (Å²) in [6, 6.07) is 9.90. The van der Waals surface area contributed by atoms with E-state index in [1.165, 1.54) is 0 Å². The Hall–Kier alpha value is -2.76. The molecule has 3 heterocycles. The number of benzene rings is 1. The molecular formula is C19H21N5O. The number of fused-ring (bicyclic) bond motifs is 1. The van der Waals surface area contributed by atoms with Crippen LogP contribution in [0.1, 0.15) is 30.3 Å². The molecule has 6 heteroatoms. The van der Waals surface area contributed by atoms with Crippen molar-refractivity contribution in [2.24, 2.45) is 0 Å². The van der Waals surface area contributed by atoms with E-state index in [1.807, 2.05) is 46.7 Å². The molecule has 128 valence electrons. The third-order valence-electron chi connectivity index (χ3n) is 4.94. The molecule has 1 atom stereocenters. The van der Waals surface area contributed by atoms with E-state index in [4.69, 9.17) is 0 Å². The quantitative estimate of drug-likeness (QED) is 0.738. The molecule has 0 radical (unpaired) electrons. The molecule has 1 aliphatic heterocycles. The summed E-state index contributed by atoms with van der Waals surface area (Å²) in [5, 5.41) is 0. The van der Waals surface area contributed by atoms with Gasteiger partial charge in [0.05, 0.1) is 11.0 Å². The van der Waals surface area contributed by atoms with Gasteiger partial charge in [-0.3, -0.25) is 4.79 Å². The van der Waals surface area contributed by atoms with Crippen molar-refractivity contribution in [2.75, 3.05) is 13.1 Å². The van der Waals surface area contributed by atoms with Crippen LogP contribution in [0.2, 0.25) is 0 Å². The number of piperidine rings is 1. The zero-order valence-corrected chi connectivity index (χ0v) is 14.3. The van der Waals surface area contributed by atoms with Crippen molar-refractivity contribution in [3.8, 4) is 0 Å². The average Bonchev–Trinajstić information content (AvgIpc) is 2.98. The first-order chi connectivity index (χ1) is 12.2. The van der Waals surface area contributed by atoms with Crippen molar-refractivity contribution in [1.82, 2.24) is 24.4 Å². The number of para-hydroxylation sites is 2. The molecule has 0 spiro atoms. The van der Waals surface area contributed by atoms with Gasteiger partial charge in [0.25, 0.3) is 0 Å². The molecule has 0 bridgehead atoms. The molecule has 2 aromatic heterocycles. The van der Waals surface area contributed by atoms with Crippen LogP contribution in [0.5, 0.6) is 0 Å². The molecule has 3 aromatic rings. The van der Waals surface area contributed by atoms with Gasteiger partial charge in [0.15, 0.2) is 0 Å². The second kappa shape index (κ2) is 6.63. The first kappa shape index (κ1) is 15.7. The monoisotopic (exact) mass is 335 g/mol. The van der Waals surface area contributed by atoms with E-state index in [2.05, 4.69) is 15.0 Å². The van der Waals surface area contributed by atoms with E-state index in [9.17, 15) is 4.79 Å². The van der Waals surface area contributed by atoms with Gasteiger partial charge in [-0.2, -0.15) is 0 Å². The minimum absolute atomic E-state index is 0.144. The number of aryl methyl sites for hydroxylation is 1. The largest absolute Gasteiger partial charge is 0.340 e. The molecule has 1 amide bonds. The van der Waals surface area contributed by atoms with Crippen molar-refractivity contribution < 1.29 is 4.79 Å². The molecule has 25 heavy (non-hydrogen) atoms. The van der Waals surface area contributed by atoms with Gasteiger partial charge in [0.2, 0.25) is 5.91 Å². The molecule has 1 aromatic carbocycles. The molecule has 6 nitrogen and oxygen atoms in total. The van der Waals surface area contributed by atoms with Crippen molar-refractivity contribution in [3.63, 3.8) is 0 Å². The summed E-state index contributed by atoms with van der Waals surface area (Å²) < 4.78 is 2.01. The van der Waals surface area contributed by atoms with E-state index in [-0.39, 0.29) is 5.91 Å². The number of amides is 1. The predicted octanol–water partition coefficient (Wildman–Crippen LogP) is 2.54. The predicted molar refractivity (Wildman–Crippen MR) is 95.1 cm³/mol.